The van der Waals surface area contributed by atoms with Crippen LogP contribution in [0.5, 0.6) is 0 Å². The van der Waals surface area contributed by atoms with Crippen LogP contribution in [0, 0.1) is 0 Å². The minimum atomic E-state index is -1.55. The lowest BCUT2D eigenvalue weighted by Gasteiger charge is -2.26. The van der Waals surface area contributed by atoms with E-state index in [-0.39, 0.29) is 5.91 Å². The van der Waals surface area contributed by atoms with Gasteiger partial charge in [0.15, 0.2) is 5.60 Å². The van der Waals surface area contributed by atoms with Gasteiger partial charge >= 0.3 is 0 Å². The number of hydrogen-bond acceptors (Lipinski definition) is 7. The molecule has 8 heteroatoms. The molecule has 2 aromatic carbocycles. The van der Waals surface area contributed by atoms with Gasteiger partial charge in [-0.3, -0.25) is 4.79 Å². The van der Waals surface area contributed by atoms with Crippen LogP contribution in [0.4, 0.5) is 5.69 Å². The average molecular weight is 438 g/mol. The van der Waals surface area contributed by atoms with E-state index in [0.29, 0.717) is 25.3 Å². The number of benzene rings is 2. The molecule has 0 fully saturated rings. The number of carboxylic acid groups (broad SMARTS) is 2. The summed E-state index contributed by atoms with van der Waals surface area (Å²) in [4.78, 5) is 35.9. The van der Waals surface area contributed by atoms with E-state index in [1.54, 1.807) is 0 Å². The molecule has 3 rings (SSSR count). The van der Waals surface area contributed by atoms with Crippen LogP contribution in [0.15, 0.2) is 66.7 Å². The molecule has 0 aliphatic carbocycles. The molecule has 1 aliphatic rings. The minimum Gasteiger partial charge on any atom is -0.545 e. The molecule has 0 saturated heterocycles. The molecule has 0 radical (unpaired) electrons. The highest BCUT2D eigenvalue weighted by atomic mass is 16.5. The summed E-state index contributed by atoms with van der Waals surface area (Å²) in [5.41, 5.74) is 2.09. The Balaban J connectivity index is 0.000000390. The summed E-state index contributed by atoms with van der Waals surface area (Å²) in [6.45, 7) is 3.74. The molecule has 1 atom stereocenters. The average Bonchev–Trinajstić information content (AvgIpc) is 2.95. The standard InChI is InChI=1S/C20H24N2O2.C4H4O4/c1-20(24-14-13-21(2)3)17-11-7-8-12-18(17)22(19(20)23)15-16-9-5-4-6-10-16;5-3(6)1-2-4(7)8/h4-12H,13-15H2,1-3H3;1-2H,(H,5,6)(H,7,8)/p-2. The molecule has 1 aliphatic heterocycles. The van der Waals surface area contributed by atoms with E-state index in [9.17, 15) is 24.6 Å². The lowest BCUT2D eigenvalue weighted by molar-refractivity contribution is -0.301. The van der Waals surface area contributed by atoms with Crippen molar-refractivity contribution in [2.75, 3.05) is 32.1 Å². The molecule has 32 heavy (non-hydrogen) atoms. The highest BCUT2D eigenvalue weighted by molar-refractivity contribution is 6.06. The van der Waals surface area contributed by atoms with E-state index in [1.807, 2.05) is 80.5 Å². The van der Waals surface area contributed by atoms with Crippen LogP contribution in [-0.2, 0) is 31.3 Å². The highest BCUT2D eigenvalue weighted by Crippen LogP contribution is 2.43. The molecule has 0 saturated carbocycles. The second-order valence-electron chi connectivity index (χ2n) is 7.55. The number of ether oxygens (including phenoxy) is 1. The van der Waals surface area contributed by atoms with E-state index in [2.05, 4.69) is 4.90 Å². The van der Waals surface area contributed by atoms with Gasteiger partial charge in [-0.2, -0.15) is 0 Å². The summed E-state index contributed by atoms with van der Waals surface area (Å²) < 4.78 is 6.08. The van der Waals surface area contributed by atoms with Crippen LogP contribution in [-0.4, -0.2) is 50.0 Å². The number of carboxylic acids is 2. The number of aliphatic carboxylic acids is 2. The van der Waals surface area contributed by atoms with Crippen molar-refractivity contribution in [3.63, 3.8) is 0 Å². The summed E-state index contributed by atoms with van der Waals surface area (Å²) in [6, 6.07) is 18.0. The first-order chi connectivity index (χ1) is 15.1. The van der Waals surface area contributed by atoms with Gasteiger partial charge in [0.1, 0.15) is 0 Å². The maximum absolute atomic E-state index is 13.2. The first-order valence-electron chi connectivity index (χ1n) is 9.99. The van der Waals surface area contributed by atoms with Gasteiger partial charge in [-0.25, -0.2) is 0 Å². The first kappa shape index (κ1) is 24.8. The Labute approximate surface area is 187 Å². The number of para-hydroxylation sites is 1. The number of amides is 1. The Morgan fingerprint density at radius 2 is 1.56 bits per heavy atom. The maximum atomic E-state index is 13.2. The van der Waals surface area contributed by atoms with E-state index in [4.69, 9.17) is 4.74 Å². The molecule has 8 nitrogen and oxygen atoms in total. The monoisotopic (exact) mass is 438 g/mol. The molecule has 1 unspecified atom stereocenters. The fourth-order valence-electron chi connectivity index (χ4n) is 3.23. The Kier molecular flexibility index (Phi) is 8.69. The number of fused-ring (bicyclic) bond motifs is 1. The zero-order valence-electron chi connectivity index (χ0n) is 18.3. The molecule has 0 aromatic heterocycles. The smallest absolute Gasteiger partial charge is 0.263 e. The third kappa shape index (κ3) is 6.50. The fraction of sp³-hybridized carbons (Fsp3) is 0.292. The van der Waals surface area contributed by atoms with Crippen LogP contribution in [0.2, 0.25) is 0 Å². The van der Waals surface area contributed by atoms with Gasteiger partial charge in [0, 0.05) is 12.1 Å². The number of anilines is 1. The second kappa shape index (κ2) is 11.2. The van der Waals surface area contributed by atoms with Gasteiger partial charge in [0.2, 0.25) is 0 Å². The van der Waals surface area contributed by atoms with Crippen molar-refractivity contribution in [2.45, 2.75) is 19.1 Å². The Morgan fingerprint density at radius 1 is 1.00 bits per heavy atom. The molecule has 2 aromatic rings. The Morgan fingerprint density at radius 3 is 2.12 bits per heavy atom. The Hall–Kier alpha value is -3.49. The van der Waals surface area contributed by atoms with Crippen molar-refractivity contribution in [1.29, 1.82) is 0 Å². The lowest BCUT2D eigenvalue weighted by atomic mass is 9.97. The van der Waals surface area contributed by atoms with Crippen LogP contribution < -0.4 is 15.1 Å². The van der Waals surface area contributed by atoms with Crippen LogP contribution in [0.1, 0.15) is 18.1 Å². The number of nitrogens with zero attached hydrogens (tertiary/aromatic N) is 2. The first-order valence-corrected chi connectivity index (χ1v) is 9.99. The summed E-state index contributed by atoms with van der Waals surface area (Å²) in [5.74, 6) is -3.09. The normalized spacial score (nSPS) is 17.2. The van der Waals surface area contributed by atoms with Gasteiger partial charge in [0.25, 0.3) is 5.91 Å². The molecule has 0 spiro atoms. The summed E-state index contributed by atoms with van der Waals surface area (Å²) in [5, 5.41) is 18.8. The van der Waals surface area contributed by atoms with E-state index < -0.39 is 17.5 Å². The number of rotatable bonds is 8. The molecule has 0 bridgehead atoms. The summed E-state index contributed by atoms with van der Waals surface area (Å²) >= 11 is 0. The summed E-state index contributed by atoms with van der Waals surface area (Å²) in [6.07, 6.45) is 0.769. The molecule has 1 amide bonds. The third-order valence-electron chi connectivity index (χ3n) is 4.83. The number of carbonyl (C=O) groups excluding carboxylic acids is 3. The van der Waals surface area contributed by atoms with Crippen molar-refractivity contribution in [3.05, 3.63) is 77.9 Å². The topological polar surface area (TPSA) is 113 Å². The van der Waals surface area contributed by atoms with Crippen LogP contribution >= 0.6 is 0 Å². The van der Waals surface area contributed by atoms with E-state index >= 15 is 0 Å². The largest absolute Gasteiger partial charge is 0.545 e. The van der Waals surface area contributed by atoms with Crippen molar-refractivity contribution < 1.29 is 29.3 Å². The predicted molar refractivity (Wildman–Crippen MR) is 115 cm³/mol. The fourth-order valence-corrected chi connectivity index (χ4v) is 3.23. The second-order valence-corrected chi connectivity index (χ2v) is 7.55. The van der Waals surface area contributed by atoms with E-state index in [1.165, 1.54) is 0 Å². The van der Waals surface area contributed by atoms with Crippen LogP contribution in [0.3, 0.4) is 0 Å². The highest BCUT2D eigenvalue weighted by Gasteiger charge is 2.48. The predicted octanol–water partition coefficient (Wildman–Crippen LogP) is 0.0692. The molecular weight excluding hydrogens is 412 g/mol. The number of hydrogen-bond donors (Lipinski definition) is 0. The van der Waals surface area contributed by atoms with Gasteiger partial charge in [-0.15, -0.1) is 0 Å². The molecule has 1 heterocycles. The van der Waals surface area contributed by atoms with Gasteiger partial charge in [0.05, 0.1) is 30.8 Å². The maximum Gasteiger partial charge on any atom is 0.263 e. The lowest BCUT2D eigenvalue weighted by Crippen LogP contribution is -2.41. The zero-order valence-corrected chi connectivity index (χ0v) is 18.3. The summed E-state index contributed by atoms with van der Waals surface area (Å²) in [7, 11) is 4.00. The number of carbonyl (C=O) groups is 3. The van der Waals surface area contributed by atoms with Gasteiger partial charge in [-0.05, 0) is 44.8 Å². The SMILES string of the molecule is CN(C)CCOC1(C)C(=O)N(Cc2ccccc2)c2ccccc21.O=C([O-])C=CC(=O)[O-]. The minimum absolute atomic E-state index is 0.00584. The van der Waals surface area contributed by atoms with Crippen molar-refractivity contribution in [1.82, 2.24) is 4.90 Å². The van der Waals surface area contributed by atoms with Crippen molar-refractivity contribution in [3.8, 4) is 0 Å². The van der Waals surface area contributed by atoms with Crippen molar-refractivity contribution >= 4 is 23.5 Å². The van der Waals surface area contributed by atoms with Gasteiger partial charge in [-0.1, -0.05) is 48.5 Å². The van der Waals surface area contributed by atoms with E-state index in [0.717, 1.165) is 23.4 Å². The molecular formula is C24H26N2O6-2. The quantitative estimate of drug-likeness (QED) is 0.536. The number of likely N-dealkylation sites (N-methyl/N-ethyl adjacent to an activating group) is 1. The third-order valence-corrected chi connectivity index (χ3v) is 4.83. The van der Waals surface area contributed by atoms with Crippen LogP contribution in [0.25, 0.3) is 0 Å². The zero-order chi connectivity index (χ0) is 23.7. The molecule has 170 valence electrons. The Bertz CT molecular complexity index is 957. The molecule has 0 N–H and O–H groups in total. The van der Waals surface area contributed by atoms with Gasteiger partial charge < -0.3 is 34.3 Å². The van der Waals surface area contributed by atoms with Crippen molar-refractivity contribution in [2.24, 2.45) is 0 Å².